The molecule has 0 heterocycles. The molecule has 0 aromatic rings. The minimum atomic E-state index is -4.94. The summed E-state index contributed by atoms with van der Waals surface area (Å²) in [5.74, 6) is 0.108. The van der Waals surface area contributed by atoms with Crippen LogP contribution in [0.3, 0.4) is 0 Å². The van der Waals surface area contributed by atoms with Crippen LogP contribution in [0.15, 0.2) is 4.99 Å². The topological polar surface area (TPSA) is 131 Å². The van der Waals surface area contributed by atoms with E-state index < -0.39 is 20.7 Å². The molecule has 1 aliphatic carbocycles. The zero-order valence-corrected chi connectivity index (χ0v) is 11.3. The van der Waals surface area contributed by atoms with Crippen LogP contribution < -0.4 is 0 Å². The van der Waals surface area contributed by atoms with E-state index in [2.05, 4.69) is 4.99 Å². The maximum Gasteiger partial charge on any atom is 0.469 e. The maximum absolute atomic E-state index is 11.1. The molecule has 0 aliphatic heterocycles. The molecule has 1 rings (SSSR count). The third kappa shape index (κ3) is 4.38. The Morgan fingerprint density at radius 2 is 1.76 bits per heavy atom. The lowest BCUT2D eigenvalue weighted by molar-refractivity contribution is 0.327. The Bertz CT molecular complexity index is 346. The van der Waals surface area contributed by atoms with Gasteiger partial charge < -0.3 is 9.79 Å². The van der Waals surface area contributed by atoms with Crippen molar-refractivity contribution in [1.29, 1.82) is 0 Å². The zero-order valence-electron chi connectivity index (χ0n) is 9.47. The SMILES string of the molecule is CC1CCCCC1N=C(P(=O)(O)O)[P+](O)(O)O. The Morgan fingerprint density at radius 1 is 1.24 bits per heavy atom. The average molecular weight is 286 g/mol. The summed E-state index contributed by atoms with van der Waals surface area (Å²) in [6, 6.07) is -0.378. The van der Waals surface area contributed by atoms with Gasteiger partial charge in [-0.2, -0.15) is 14.7 Å². The van der Waals surface area contributed by atoms with Gasteiger partial charge in [0.2, 0.25) is 0 Å². The lowest BCUT2D eigenvalue weighted by atomic mass is 9.86. The number of aliphatic imine (C=N–C) groups is 1. The van der Waals surface area contributed by atoms with Gasteiger partial charge in [-0.05, 0) is 18.8 Å². The van der Waals surface area contributed by atoms with Gasteiger partial charge in [0.05, 0.1) is 6.04 Å². The molecule has 0 saturated heterocycles. The molecule has 0 radical (unpaired) electrons. The minimum absolute atomic E-state index is 0.108. The molecule has 1 aliphatic rings. The quantitative estimate of drug-likeness (QED) is 0.386. The van der Waals surface area contributed by atoms with E-state index in [1.165, 1.54) is 0 Å². The summed E-state index contributed by atoms with van der Waals surface area (Å²) in [6.45, 7) is 1.89. The molecule has 0 bridgehead atoms. The summed E-state index contributed by atoms with van der Waals surface area (Å²) < 4.78 is 11.1. The second-order valence-corrected chi connectivity index (χ2v) is 7.80. The molecule has 0 spiro atoms. The third-order valence-electron chi connectivity index (χ3n) is 2.88. The first-order valence-electron chi connectivity index (χ1n) is 5.34. The lowest BCUT2D eigenvalue weighted by Gasteiger charge is -2.25. The molecule has 1 fully saturated rings. The van der Waals surface area contributed by atoms with Crippen LogP contribution in [0.25, 0.3) is 0 Å². The van der Waals surface area contributed by atoms with Crippen LogP contribution >= 0.6 is 15.5 Å². The first-order chi connectivity index (χ1) is 7.62. The van der Waals surface area contributed by atoms with E-state index in [1.54, 1.807) is 0 Å². The number of nitrogens with zero attached hydrogens (tertiary/aromatic N) is 1. The van der Waals surface area contributed by atoms with Crippen molar-refractivity contribution in [3.05, 3.63) is 0 Å². The van der Waals surface area contributed by atoms with Crippen LogP contribution in [0, 0.1) is 5.92 Å². The van der Waals surface area contributed by atoms with Crippen LogP contribution in [0.5, 0.6) is 0 Å². The van der Waals surface area contributed by atoms with Gasteiger partial charge in [0, 0.05) is 0 Å². The fourth-order valence-corrected chi connectivity index (χ4v) is 3.96. The Morgan fingerprint density at radius 3 is 2.18 bits per heavy atom. The van der Waals surface area contributed by atoms with Crippen molar-refractivity contribution in [3.8, 4) is 0 Å². The molecule has 100 valence electrons. The van der Waals surface area contributed by atoms with Crippen LogP contribution in [0.2, 0.25) is 0 Å². The fraction of sp³-hybridized carbons (Fsp3) is 0.875. The van der Waals surface area contributed by atoms with E-state index in [4.69, 9.17) is 24.5 Å². The smallest absolute Gasteiger partial charge is 0.317 e. The predicted molar refractivity (Wildman–Crippen MR) is 64.5 cm³/mol. The molecule has 5 N–H and O–H groups in total. The molecule has 0 amide bonds. The van der Waals surface area contributed by atoms with Crippen molar-refractivity contribution >= 4 is 20.7 Å². The van der Waals surface area contributed by atoms with Crippen LogP contribution in [0.1, 0.15) is 32.6 Å². The second-order valence-electron chi connectivity index (χ2n) is 4.37. The summed E-state index contributed by atoms with van der Waals surface area (Å²) >= 11 is 0. The van der Waals surface area contributed by atoms with Crippen molar-refractivity contribution < 1.29 is 29.0 Å². The first kappa shape index (κ1) is 15.2. The van der Waals surface area contributed by atoms with Gasteiger partial charge in [0.25, 0.3) is 0 Å². The van der Waals surface area contributed by atoms with Gasteiger partial charge >= 0.3 is 20.7 Å². The van der Waals surface area contributed by atoms with Crippen molar-refractivity contribution in [3.63, 3.8) is 0 Å². The molecule has 9 heteroatoms. The number of hydrogen-bond acceptors (Lipinski definition) is 5. The van der Waals surface area contributed by atoms with E-state index in [9.17, 15) is 4.57 Å². The normalized spacial score (nSPS) is 28.2. The van der Waals surface area contributed by atoms with E-state index in [0.717, 1.165) is 19.3 Å². The van der Waals surface area contributed by atoms with Gasteiger partial charge in [0.1, 0.15) is 0 Å². The molecular weight excluding hydrogens is 268 g/mol. The van der Waals surface area contributed by atoms with Crippen molar-refractivity contribution in [2.45, 2.75) is 38.6 Å². The van der Waals surface area contributed by atoms with Crippen LogP contribution in [-0.4, -0.2) is 35.7 Å². The van der Waals surface area contributed by atoms with Crippen LogP contribution in [0.4, 0.5) is 0 Å². The largest absolute Gasteiger partial charge is 0.469 e. The molecule has 0 aromatic heterocycles. The Labute approximate surface area is 100.0 Å². The monoisotopic (exact) mass is 286 g/mol. The molecule has 17 heavy (non-hydrogen) atoms. The van der Waals surface area contributed by atoms with Crippen molar-refractivity contribution in [2.24, 2.45) is 10.9 Å². The van der Waals surface area contributed by atoms with Gasteiger partial charge in [-0.25, -0.2) is 9.56 Å². The highest BCUT2D eigenvalue weighted by Crippen LogP contribution is 2.60. The number of rotatable bonds is 3. The van der Waals surface area contributed by atoms with Gasteiger partial charge in [-0.15, -0.1) is 0 Å². The lowest BCUT2D eigenvalue weighted by Crippen LogP contribution is -2.22. The summed E-state index contributed by atoms with van der Waals surface area (Å²) in [7, 11) is -9.69. The molecule has 2 unspecified atom stereocenters. The van der Waals surface area contributed by atoms with E-state index in [0.29, 0.717) is 6.42 Å². The summed E-state index contributed by atoms with van der Waals surface area (Å²) in [6.07, 6.45) is 3.40. The van der Waals surface area contributed by atoms with E-state index >= 15 is 0 Å². The van der Waals surface area contributed by atoms with Crippen LogP contribution in [-0.2, 0) is 4.57 Å². The molecular formula is C8H18NO6P2+. The molecule has 0 aromatic carbocycles. The maximum atomic E-state index is 11.1. The first-order valence-corrected chi connectivity index (χ1v) is 8.60. The second kappa shape index (κ2) is 5.41. The molecule has 7 nitrogen and oxygen atoms in total. The van der Waals surface area contributed by atoms with Gasteiger partial charge in [-0.3, -0.25) is 0 Å². The van der Waals surface area contributed by atoms with E-state index in [-0.39, 0.29) is 12.0 Å². The highest BCUT2D eigenvalue weighted by Gasteiger charge is 2.52. The zero-order chi connectivity index (χ0) is 13.3. The fourth-order valence-electron chi connectivity index (χ4n) is 1.96. The van der Waals surface area contributed by atoms with E-state index in [1.807, 2.05) is 6.92 Å². The Balaban J connectivity index is 3.01. The highest BCUT2D eigenvalue weighted by atomic mass is 31.3. The number of hydrogen-bond donors (Lipinski definition) is 5. The summed E-state index contributed by atoms with van der Waals surface area (Å²) in [4.78, 5) is 48.7. The third-order valence-corrected chi connectivity index (χ3v) is 5.75. The molecule has 1 saturated carbocycles. The standard InChI is InChI=1S/C8H17NO6P2/c1-6-4-2-3-5-7(6)9-8(16(10,11)12)17(13,14)15/h6-7,10-12H,2-5H2,1H3,(H-,13,14,15)/p+1. The Kier molecular flexibility index (Phi) is 4.83. The van der Waals surface area contributed by atoms with Crippen molar-refractivity contribution in [2.75, 3.05) is 0 Å². The van der Waals surface area contributed by atoms with Crippen molar-refractivity contribution in [1.82, 2.24) is 0 Å². The average Bonchev–Trinajstić information content (AvgIpc) is 2.12. The molecule has 2 atom stereocenters. The minimum Gasteiger partial charge on any atom is -0.317 e. The summed E-state index contributed by atoms with van der Waals surface area (Å²) in [5.41, 5.74) is 0. The summed E-state index contributed by atoms with van der Waals surface area (Å²) in [5, 5.41) is -1.16. The van der Waals surface area contributed by atoms with Gasteiger partial charge in [0.15, 0.2) is 0 Å². The van der Waals surface area contributed by atoms with Gasteiger partial charge in [-0.1, -0.05) is 19.8 Å². The Hall–Kier alpha value is 0.130. The predicted octanol–water partition coefficient (Wildman–Crippen LogP) is 0.838. The highest BCUT2D eigenvalue weighted by molar-refractivity contribution is 8.00.